The van der Waals surface area contributed by atoms with Crippen LogP contribution in [0, 0.1) is 6.92 Å². The van der Waals surface area contributed by atoms with E-state index in [0.717, 1.165) is 5.56 Å². The summed E-state index contributed by atoms with van der Waals surface area (Å²) >= 11 is 0. The molecule has 0 saturated carbocycles. The van der Waals surface area contributed by atoms with Crippen molar-refractivity contribution in [1.82, 2.24) is 15.2 Å². The van der Waals surface area contributed by atoms with Gasteiger partial charge in [0.05, 0.1) is 0 Å². The van der Waals surface area contributed by atoms with Crippen molar-refractivity contribution >= 4 is 17.7 Å². The number of hydrogen-bond acceptors (Lipinski definition) is 5. The van der Waals surface area contributed by atoms with Gasteiger partial charge < -0.3 is 14.5 Å². The predicted molar refractivity (Wildman–Crippen MR) is 96.0 cm³/mol. The van der Waals surface area contributed by atoms with Gasteiger partial charge in [0.2, 0.25) is 11.8 Å². The van der Waals surface area contributed by atoms with Crippen molar-refractivity contribution in [2.45, 2.75) is 26.2 Å². The zero-order chi connectivity index (χ0) is 18.9. The van der Waals surface area contributed by atoms with Crippen LogP contribution in [-0.4, -0.2) is 60.3 Å². The molecule has 1 saturated heterocycles. The molecule has 8 nitrogen and oxygen atoms in total. The minimum Gasteiger partial charge on any atom is -0.484 e. The second kappa shape index (κ2) is 9.76. The van der Waals surface area contributed by atoms with Crippen molar-refractivity contribution in [2.75, 3.05) is 32.8 Å². The van der Waals surface area contributed by atoms with Gasteiger partial charge >= 0.3 is 0 Å². The molecule has 1 fully saturated rings. The molecule has 0 bridgehead atoms. The maximum atomic E-state index is 12.3. The molecule has 0 aliphatic carbocycles. The maximum absolute atomic E-state index is 12.3. The SMILES string of the molecule is Cc1cccc(OCC(=O)N2CCN(C(=O)CCCC(=O)NN)CC2)c1. The summed E-state index contributed by atoms with van der Waals surface area (Å²) in [5.74, 6) is 5.31. The number of amides is 3. The van der Waals surface area contributed by atoms with Gasteiger partial charge in [-0.25, -0.2) is 5.84 Å². The summed E-state index contributed by atoms with van der Waals surface area (Å²) in [7, 11) is 0. The predicted octanol–water partition coefficient (Wildman–Crippen LogP) is 0.205. The molecule has 26 heavy (non-hydrogen) atoms. The van der Waals surface area contributed by atoms with Crippen molar-refractivity contribution in [3.05, 3.63) is 29.8 Å². The van der Waals surface area contributed by atoms with E-state index in [1.807, 2.05) is 36.6 Å². The number of piperazine rings is 1. The first kappa shape index (κ1) is 19.7. The van der Waals surface area contributed by atoms with E-state index in [9.17, 15) is 14.4 Å². The molecular formula is C18H26N4O4. The minimum absolute atomic E-state index is 0.00192. The molecule has 142 valence electrons. The summed E-state index contributed by atoms with van der Waals surface area (Å²) < 4.78 is 5.54. The average Bonchev–Trinajstić information content (AvgIpc) is 2.66. The van der Waals surface area contributed by atoms with Crippen LogP contribution >= 0.6 is 0 Å². The summed E-state index contributed by atoms with van der Waals surface area (Å²) in [5, 5.41) is 0. The number of aryl methyl sites for hydroxylation is 1. The molecule has 0 spiro atoms. The second-order valence-corrected chi connectivity index (χ2v) is 6.29. The molecule has 0 radical (unpaired) electrons. The lowest BCUT2D eigenvalue weighted by atomic mass is 10.2. The number of ether oxygens (including phenoxy) is 1. The van der Waals surface area contributed by atoms with E-state index in [0.29, 0.717) is 44.8 Å². The lowest BCUT2D eigenvalue weighted by Crippen LogP contribution is -2.51. The molecule has 1 heterocycles. The van der Waals surface area contributed by atoms with Gasteiger partial charge in [-0.15, -0.1) is 0 Å². The fraction of sp³-hybridized carbons (Fsp3) is 0.500. The summed E-state index contributed by atoms with van der Waals surface area (Å²) in [6, 6.07) is 7.56. The van der Waals surface area contributed by atoms with E-state index in [2.05, 4.69) is 0 Å². The summed E-state index contributed by atoms with van der Waals surface area (Å²) in [6.45, 7) is 3.94. The van der Waals surface area contributed by atoms with Crippen LogP contribution < -0.4 is 16.0 Å². The fourth-order valence-electron chi connectivity index (χ4n) is 2.78. The zero-order valence-electron chi connectivity index (χ0n) is 15.1. The van der Waals surface area contributed by atoms with Gasteiger partial charge in [-0.3, -0.25) is 19.8 Å². The van der Waals surface area contributed by atoms with Gasteiger partial charge in [-0.2, -0.15) is 0 Å². The first-order valence-corrected chi connectivity index (χ1v) is 8.74. The Hall–Kier alpha value is -2.61. The molecule has 0 unspecified atom stereocenters. The quantitative estimate of drug-likeness (QED) is 0.410. The molecule has 2 rings (SSSR count). The van der Waals surface area contributed by atoms with Crippen LogP contribution in [0.15, 0.2) is 24.3 Å². The van der Waals surface area contributed by atoms with Gasteiger partial charge in [0.25, 0.3) is 5.91 Å². The summed E-state index contributed by atoms with van der Waals surface area (Å²) in [5.41, 5.74) is 3.12. The Morgan fingerprint density at radius 2 is 1.73 bits per heavy atom. The number of nitrogens with zero attached hydrogens (tertiary/aromatic N) is 2. The first-order valence-electron chi connectivity index (χ1n) is 8.74. The summed E-state index contributed by atoms with van der Waals surface area (Å²) in [6.07, 6.45) is 1.00. The number of rotatable bonds is 7. The van der Waals surface area contributed by atoms with Gasteiger partial charge in [0.15, 0.2) is 6.61 Å². The monoisotopic (exact) mass is 362 g/mol. The third kappa shape index (κ3) is 6.03. The van der Waals surface area contributed by atoms with Crippen LogP contribution in [0.4, 0.5) is 0 Å². The number of nitrogens with one attached hydrogen (secondary N) is 1. The summed E-state index contributed by atoms with van der Waals surface area (Å²) in [4.78, 5) is 38.9. The number of hydrogen-bond donors (Lipinski definition) is 2. The second-order valence-electron chi connectivity index (χ2n) is 6.29. The highest BCUT2D eigenvalue weighted by molar-refractivity contribution is 5.80. The van der Waals surface area contributed by atoms with Crippen LogP contribution in [0.3, 0.4) is 0 Å². The van der Waals surface area contributed by atoms with Gasteiger partial charge in [-0.1, -0.05) is 12.1 Å². The number of hydrazine groups is 1. The molecule has 3 N–H and O–H groups in total. The van der Waals surface area contributed by atoms with Crippen LogP contribution in [0.5, 0.6) is 5.75 Å². The van der Waals surface area contributed by atoms with Crippen LogP contribution in [-0.2, 0) is 14.4 Å². The Balaban J connectivity index is 1.69. The molecule has 1 aliphatic rings. The smallest absolute Gasteiger partial charge is 0.260 e. The largest absolute Gasteiger partial charge is 0.484 e. The molecule has 1 aromatic rings. The Labute approximate surface area is 153 Å². The van der Waals surface area contributed by atoms with Gasteiger partial charge in [0, 0.05) is 39.0 Å². The highest BCUT2D eigenvalue weighted by Crippen LogP contribution is 2.13. The number of benzene rings is 1. The third-order valence-electron chi connectivity index (χ3n) is 4.29. The molecule has 8 heteroatoms. The van der Waals surface area contributed by atoms with Gasteiger partial charge in [0.1, 0.15) is 5.75 Å². The Morgan fingerprint density at radius 3 is 2.35 bits per heavy atom. The maximum Gasteiger partial charge on any atom is 0.260 e. The lowest BCUT2D eigenvalue weighted by molar-refractivity contribution is -0.140. The van der Waals surface area contributed by atoms with Crippen LogP contribution in [0.25, 0.3) is 0 Å². The van der Waals surface area contributed by atoms with Crippen molar-refractivity contribution < 1.29 is 19.1 Å². The number of nitrogens with two attached hydrogens (primary N) is 1. The highest BCUT2D eigenvalue weighted by Gasteiger charge is 2.24. The molecule has 3 amide bonds. The molecular weight excluding hydrogens is 336 g/mol. The average molecular weight is 362 g/mol. The standard InChI is InChI=1S/C18H26N4O4/c1-14-4-2-5-15(12-14)26-13-18(25)22-10-8-21(9-11-22)17(24)7-3-6-16(23)20-19/h2,4-5,12H,3,6-11,13,19H2,1H3,(H,20,23). The third-order valence-corrected chi connectivity index (χ3v) is 4.29. The number of carbonyl (C=O) groups is 3. The van der Waals surface area contributed by atoms with Crippen molar-refractivity contribution in [3.8, 4) is 5.75 Å². The van der Waals surface area contributed by atoms with E-state index in [-0.39, 0.29) is 30.7 Å². The normalized spacial score (nSPS) is 14.1. The minimum atomic E-state index is -0.276. The Bertz CT molecular complexity index is 642. The lowest BCUT2D eigenvalue weighted by Gasteiger charge is -2.34. The zero-order valence-corrected chi connectivity index (χ0v) is 15.1. The van der Waals surface area contributed by atoms with Crippen molar-refractivity contribution in [1.29, 1.82) is 0 Å². The highest BCUT2D eigenvalue weighted by atomic mass is 16.5. The van der Waals surface area contributed by atoms with E-state index < -0.39 is 0 Å². The Morgan fingerprint density at radius 1 is 1.08 bits per heavy atom. The number of carbonyl (C=O) groups excluding carboxylic acids is 3. The van der Waals surface area contributed by atoms with Crippen LogP contribution in [0.1, 0.15) is 24.8 Å². The fourth-order valence-corrected chi connectivity index (χ4v) is 2.78. The Kier molecular flexibility index (Phi) is 7.40. The molecule has 1 aliphatic heterocycles. The van der Waals surface area contributed by atoms with E-state index in [1.54, 1.807) is 9.80 Å². The van der Waals surface area contributed by atoms with Crippen molar-refractivity contribution in [2.24, 2.45) is 5.84 Å². The van der Waals surface area contributed by atoms with Crippen LogP contribution in [0.2, 0.25) is 0 Å². The van der Waals surface area contributed by atoms with E-state index in [1.165, 1.54) is 0 Å². The molecule has 1 aromatic carbocycles. The molecule has 0 atom stereocenters. The van der Waals surface area contributed by atoms with E-state index in [4.69, 9.17) is 10.6 Å². The van der Waals surface area contributed by atoms with Gasteiger partial charge in [-0.05, 0) is 31.0 Å². The van der Waals surface area contributed by atoms with Crippen molar-refractivity contribution in [3.63, 3.8) is 0 Å². The van der Waals surface area contributed by atoms with E-state index >= 15 is 0 Å². The molecule has 0 aromatic heterocycles. The first-order chi connectivity index (χ1) is 12.5. The topological polar surface area (TPSA) is 105 Å².